The van der Waals surface area contributed by atoms with Crippen LogP contribution in [0.4, 0.5) is 5.82 Å². The third-order valence-corrected chi connectivity index (χ3v) is 3.61. The van der Waals surface area contributed by atoms with Gasteiger partial charge in [-0.05, 0) is 31.9 Å². The van der Waals surface area contributed by atoms with E-state index in [0.717, 1.165) is 0 Å². The molecule has 0 aromatic carbocycles. The van der Waals surface area contributed by atoms with Crippen molar-refractivity contribution in [2.75, 3.05) is 31.7 Å². The summed E-state index contributed by atoms with van der Waals surface area (Å²) in [6.45, 7) is 3.56. The van der Waals surface area contributed by atoms with E-state index in [2.05, 4.69) is 4.98 Å². The maximum atomic E-state index is 11.8. The van der Waals surface area contributed by atoms with E-state index in [9.17, 15) is 9.59 Å². The summed E-state index contributed by atoms with van der Waals surface area (Å²) < 4.78 is 9.83. The van der Waals surface area contributed by atoms with E-state index in [1.54, 1.807) is 18.3 Å². The molecule has 0 atom stereocenters. The van der Waals surface area contributed by atoms with Gasteiger partial charge in [-0.2, -0.15) is 0 Å². The molecule has 114 valence electrons. The Kier molecular flexibility index (Phi) is 5.14. The molecule has 1 fully saturated rings. The third kappa shape index (κ3) is 3.51. The third-order valence-electron chi connectivity index (χ3n) is 3.61. The van der Waals surface area contributed by atoms with Gasteiger partial charge in [0.1, 0.15) is 11.4 Å². The first-order valence-electron chi connectivity index (χ1n) is 7.12. The number of hydrogen-bond donors (Lipinski definition) is 0. The summed E-state index contributed by atoms with van der Waals surface area (Å²) >= 11 is 0. The quantitative estimate of drug-likeness (QED) is 0.786. The van der Waals surface area contributed by atoms with Gasteiger partial charge in [-0.15, -0.1) is 0 Å². The Morgan fingerprint density at radius 3 is 2.71 bits per heavy atom. The van der Waals surface area contributed by atoms with Crippen molar-refractivity contribution in [2.45, 2.75) is 19.8 Å². The van der Waals surface area contributed by atoms with Crippen LogP contribution in [0.15, 0.2) is 18.3 Å². The minimum atomic E-state index is -0.398. The van der Waals surface area contributed by atoms with Crippen LogP contribution in [0.1, 0.15) is 30.1 Å². The number of esters is 2. The van der Waals surface area contributed by atoms with Crippen molar-refractivity contribution in [3.05, 3.63) is 23.9 Å². The number of nitrogens with zero attached hydrogens (tertiary/aromatic N) is 2. The number of hydrogen-bond acceptors (Lipinski definition) is 6. The molecule has 2 heterocycles. The molecule has 0 unspecified atom stereocenters. The maximum Gasteiger partial charge on any atom is 0.341 e. The Morgan fingerprint density at radius 2 is 2.10 bits per heavy atom. The minimum Gasteiger partial charge on any atom is -0.466 e. The second kappa shape index (κ2) is 7.06. The summed E-state index contributed by atoms with van der Waals surface area (Å²) in [6.07, 6.45) is 3.06. The average Bonchev–Trinajstić information content (AvgIpc) is 2.54. The largest absolute Gasteiger partial charge is 0.466 e. The zero-order valence-corrected chi connectivity index (χ0v) is 12.4. The first-order valence-corrected chi connectivity index (χ1v) is 7.12. The van der Waals surface area contributed by atoms with Crippen LogP contribution in [0, 0.1) is 5.92 Å². The van der Waals surface area contributed by atoms with Gasteiger partial charge >= 0.3 is 11.9 Å². The van der Waals surface area contributed by atoms with Crippen molar-refractivity contribution in [3.8, 4) is 0 Å². The molecule has 6 heteroatoms. The monoisotopic (exact) mass is 292 g/mol. The van der Waals surface area contributed by atoms with Gasteiger partial charge in [0.2, 0.25) is 0 Å². The maximum absolute atomic E-state index is 11.8. The van der Waals surface area contributed by atoms with E-state index in [1.807, 2.05) is 11.8 Å². The number of methoxy groups -OCH3 is 1. The molecule has 1 aromatic heterocycles. The van der Waals surface area contributed by atoms with Gasteiger partial charge < -0.3 is 14.4 Å². The SMILES string of the molecule is CCOC(=O)C1CCN(c2ncccc2C(=O)OC)CC1. The summed E-state index contributed by atoms with van der Waals surface area (Å²) in [5.41, 5.74) is 0.453. The van der Waals surface area contributed by atoms with Gasteiger partial charge in [0.25, 0.3) is 0 Å². The first kappa shape index (κ1) is 15.3. The molecule has 6 nitrogen and oxygen atoms in total. The lowest BCUT2D eigenvalue weighted by Gasteiger charge is -2.32. The molecule has 0 spiro atoms. The van der Waals surface area contributed by atoms with E-state index in [0.29, 0.717) is 43.9 Å². The number of carbonyl (C=O) groups excluding carboxylic acids is 2. The van der Waals surface area contributed by atoms with Crippen LogP contribution in [0.2, 0.25) is 0 Å². The summed E-state index contributed by atoms with van der Waals surface area (Å²) in [5.74, 6) is 0.0233. The number of ether oxygens (including phenoxy) is 2. The predicted octanol–water partition coefficient (Wildman–Crippen LogP) is 1.65. The zero-order chi connectivity index (χ0) is 15.2. The Labute approximate surface area is 124 Å². The summed E-state index contributed by atoms with van der Waals surface area (Å²) in [5, 5.41) is 0. The fourth-order valence-electron chi connectivity index (χ4n) is 2.51. The highest BCUT2D eigenvalue weighted by atomic mass is 16.5. The topological polar surface area (TPSA) is 68.7 Å². The Morgan fingerprint density at radius 1 is 1.38 bits per heavy atom. The van der Waals surface area contributed by atoms with Crippen LogP contribution in [0.5, 0.6) is 0 Å². The number of pyridine rings is 1. The molecule has 0 amide bonds. The second-order valence-electron chi connectivity index (χ2n) is 4.88. The number of rotatable bonds is 4. The fourth-order valence-corrected chi connectivity index (χ4v) is 2.51. The molecule has 1 aliphatic heterocycles. The molecule has 0 radical (unpaired) electrons. The fraction of sp³-hybridized carbons (Fsp3) is 0.533. The highest BCUT2D eigenvalue weighted by Gasteiger charge is 2.28. The molecule has 1 aliphatic rings. The van der Waals surface area contributed by atoms with Crippen molar-refractivity contribution in [1.29, 1.82) is 0 Å². The Bertz CT molecular complexity index is 510. The molecule has 0 bridgehead atoms. The van der Waals surface area contributed by atoms with Crippen LogP contribution >= 0.6 is 0 Å². The van der Waals surface area contributed by atoms with Crippen molar-refractivity contribution >= 4 is 17.8 Å². The van der Waals surface area contributed by atoms with E-state index in [-0.39, 0.29) is 11.9 Å². The molecular formula is C15H20N2O4. The lowest BCUT2D eigenvalue weighted by molar-refractivity contribution is -0.148. The normalized spacial score (nSPS) is 15.6. The van der Waals surface area contributed by atoms with E-state index in [1.165, 1.54) is 7.11 Å². The van der Waals surface area contributed by atoms with Gasteiger partial charge in [0, 0.05) is 19.3 Å². The second-order valence-corrected chi connectivity index (χ2v) is 4.88. The average molecular weight is 292 g/mol. The molecule has 0 saturated carbocycles. The number of carbonyl (C=O) groups is 2. The first-order chi connectivity index (χ1) is 10.2. The molecular weight excluding hydrogens is 272 g/mol. The predicted molar refractivity (Wildman–Crippen MR) is 77.1 cm³/mol. The highest BCUT2D eigenvalue weighted by Crippen LogP contribution is 2.25. The summed E-state index contributed by atoms with van der Waals surface area (Å²) in [4.78, 5) is 29.8. The Balaban J connectivity index is 2.06. The number of piperidine rings is 1. The van der Waals surface area contributed by atoms with Gasteiger partial charge in [0.05, 0.1) is 19.6 Å². The lowest BCUT2D eigenvalue weighted by atomic mass is 9.96. The molecule has 21 heavy (non-hydrogen) atoms. The van der Waals surface area contributed by atoms with Crippen molar-refractivity contribution < 1.29 is 19.1 Å². The Hall–Kier alpha value is -2.11. The smallest absolute Gasteiger partial charge is 0.341 e. The number of aromatic nitrogens is 1. The highest BCUT2D eigenvalue weighted by molar-refractivity contribution is 5.94. The van der Waals surface area contributed by atoms with Gasteiger partial charge in [-0.1, -0.05) is 0 Å². The van der Waals surface area contributed by atoms with Gasteiger partial charge in [-0.3, -0.25) is 4.79 Å². The van der Waals surface area contributed by atoms with Crippen LogP contribution in [0.25, 0.3) is 0 Å². The summed E-state index contributed by atoms with van der Waals surface area (Å²) in [6, 6.07) is 3.41. The molecule has 1 aromatic rings. The summed E-state index contributed by atoms with van der Waals surface area (Å²) in [7, 11) is 1.35. The van der Waals surface area contributed by atoms with E-state index < -0.39 is 5.97 Å². The standard InChI is InChI=1S/C15H20N2O4/c1-3-21-14(18)11-6-9-17(10-7-11)13-12(15(19)20-2)5-4-8-16-13/h4-5,8,11H,3,6-7,9-10H2,1-2H3. The number of anilines is 1. The van der Waals surface area contributed by atoms with Crippen LogP contribution in [-0.4, -0.2) is 43.7 Å². The van der Waals surface area contributed by atoms with Crippen LogP contribution in [0.3, 0.4) is 0 Å². The van der Waals surface area contributed by atoms with E-state index >= 15 is 0 Å². The van der Waals surface area contributed by atoms with E-state index in [4.69, 9.17) is 9.47 Å². The molecule has 0 aliphatic carbocycles. The minimum absolute atomic E-state index is 0.0634. The van der Waals surface area contributed by atoms with Crippen molar-refractivity contribution in [2.24, 2.45) is 5.92 Å². The lowest BCUT2D eigenvalue weighted by Crippen LogP contribution is -2.38. The van der Waals surface area contributed by atoms with Crippen molar-refractivity contribution in [1.82, 2.24) is 4.98 Å². The molecule has 0 N–H and O–H groups in total. The van der Waals surface area contributed by atoms with Crippen molar-refractivity contribution in [3.63, 3.8) is 0 Å². The van der Waals surface area contributed by atoms with Gasteiger partial charge in [0.15, 0.2) is 0 Å². The molecule has 2 rings (SSSR count). The van der Waals surface area contributed by atoms with Crippen LogP contribution in [-0.2, 0) is 14.3 Å². The van der Waals surface area contributed by atoms with Crippen LogP contribution < -0.4 is 4.90 Å². The molecule has 1 saturated heterocycles. The zero-order valence-electron chi connectivity index (χ0n) is 12.4. The van der Waals surface area contributed by atoms with Gasteiger partial charge in [-0.25, -0.2) is 9.78 Å².